The first kappa shape index (κ1) is 24.0. The molecule has 1 saturated heterocycles. The summed E-state index contributed by atoms with van der Waals surface area (Å²) in [6.07, 6.45) is -0.0353. The molecule has 37 heavy (non-hydrogen) atoms. The van der Waals surface area contributed by atoms with Gasteiger partial charge in [0.05, 0.1) is 17.0 Å². The zero-order valence-corrected chi connectivity index (χ0v) is 19.7. The molecule has 0 radical (unpaired) electrons. The van der Waals surface area contributed by atoms with Gasteiger partial charge in [0.1, 0.15) is 17.1 Å². The number of nitrogens with one attached hydrogen (secondary N) is 1. The lowest BCUT2D eigenvalue weighted by atomic mass is 10.1. The molecule has 188 valence electrons. The number of halogens is 1. The van der Waals surface area contributed by atoms with Crippen LogP contribution in [0, 0.1) is 15.9 Å². The van der Waals surface area contributed by atoms with Gasteiger partial charge in [-0.15, -0.1) is 0 Å². The maximum Gasteiger partial charge on any atom is 0.291 e. The second-order valence-corrected chi connectivity index (χ2v) is 8.68. The van der Waals surface area contributed by atoms with Crippen LogP contribution in [0.1, 0.15) is 16.1 Å². The smallest absolute Gasteiger partial charge is 0.291 e. The van der Waals surface area contributed by atoms with Crippen LogP contribution in [0.4, 0.5) is 21.5 Å². The number of para-hydroxylation sites is 2. The highest BCUT2D eigenvalue weighted by Gasteiger charge is 2.29. The summed E-state index contributed by atoms with van der Waals surface area (Å²) in [5.74, 6) is -1.04. The fourth-order valence-corrected chi connectivity index (χ4v) is 4.43. The highest BCUT2D eigenvalue weighted by molar-refractivity contribution is 6.11. The predicted octanol–water partition coefficient (Wildman–Crippen LogP) is 4.62. The second kappa shape index (κ2) is 10.1. The molecule has 0 saturated carbocycles. The van der Waals surface area contributed by atoms with Crippen LogP contribution in [0.15, 0.2) is 77.2 Å². The van der Waals surface area contributed by atoms with E-state index in [1.165, 1.54) is 30.3 Å². The fourth-order valence-electron chi connectivity index (χ4n) is 4.43. The number of carbonyl (C=O) groups excluding carboxylic acids is 2. The van der Waals surface area contributed by atoms with E-state index in [9.17, 15) is 24.1 Å². The van der Waals surface area contributed by atoms with Crippen molar-refractivity contribution in [3.63, 3.8) is 0 Å². The maximum absolute atomic E-state index is 14.2. The Bertz CT molecular complexity index is 1480. The van der Waals surface area contributed by atoms with Crippen LogP contribution in [0.25, 0.3) is 11.0 Å². The maximum atomic E-state index is 14.2. The highest BCUT2D eigenvalue weighted by atomic mass is 19.1. The van der Waals surface area contributed by atoms with E-state index in [2.05, 4.69) is 5.32 Å². The van der Waals surface area contributed by atoms with Gasteiger partial charge < -0.3 is 19.5 Å². The fraction of sp³-hybridized carbons (Fsp3) is 0.185. The summed E-state index contributed by atoms with van der Waals surface area (Å²) in [6.45, 7) is 1.63. The largest absolute Gasteiger partial charge is 0.449 e. The number of non-ortho nitro benzene ring substituents is 1. The number of nitro groups is 1. The number of anilines is 2. The molecule has 4 aromatic rings. The molecule has 1 aliphatic rings. The number of nitro benzene ring substituents is 1. The van der Waals surface area contributed by atoms with Crippen molar-refractivity contribution in [1.82, 2.24) is 4.90 Å². The van der Waals surface area contributed by atoms with Crippen LogP contribution in [0.3, 0.4) is 0 Å². The lowest BCUT2D eigenvalue weighted by Gasteiger charge is -2.35. The quantitative estimate of drug-likeness (QED) is 0.304. The molecule has 5 rings (SSSR count). The summed E-state index contributed by atoms with van der Waals surface area (Å²) >= 11 is 0. The van der Waals surface area contributed by atoms with Crippen molar-refractivity contribution in [1.29, 1.82) is 0 Å². The number of hydrogen-bond acceptors (Lipinski definition) is 6. The van der Waals surface area contributed by atoms with E-state index >= 15 is 0 Å². The zero-order chi connectivity index (χ0) is 25.9. The summed E-state index contributed by atoms with van der Waals surface area (Å²) in [5.41, 5.74) is 1.77. The first-order valence-corrected chi connectivity index (χ1v) is 11.7. The summed E-state index contributed by atoms with van der Waals surface area (Å²) in [7, 11) is 0. The van der Waals surface area contributed by atoms with E-state index in [4.69, 9.17) is 4.42 Å². The standard InChI is InChI=1S/C27H23FN4O5/c28-21-6-2-3-7-22(21)30-13-15-31(16-14-30)27(34)26-25(20-5-1-4-8-23(20)37-26)29-24(33)17-18-9-11-19(12-10-18)32(35)36/h1-12H,13-17H2,(H,29,33). The molecule has 10 heteroatoms. The van der Waals surface area contributed by atoms with Crippen molar-refractivity contribution < 1.29 is 23.3 Å². The molecule has 0 spiro atoms. The SMILES string of the molecule is O=C(Cc1ccc([N+](=O)[O-])cc1)Nc1c(C(=O)N2CCN(c3ccccc3F)CC2)oc2ccccc12. The molecule has 1 aromatic heterocycles. The van der Waals surface area contributed by atoms with Gasteiger partial charge in [-0.25, -0.2) is 4.39 Å². The minimum atomic E-state index is -0.504. The molecule has 3 aromatic carbocycles. The van der Waals surface area contributed by atoms with Gasteiger partial charge in [-0.1, -0.05) is 36.4 Å². The first-order valence-electron chi connectivity index (χ1n) is 11.7. The minimum Gasteiger partial charge on any atom is -0.449 e. The molecule has 9 nitrogen and oxygen atoms in total. The van der Waals surface area contributed by atoms with Crippen molar-refractivity contribution in [3.05, 3.63) is 100 Å². The van der Waals surface area contributed by atoms with Gasteiger partial charge in [0, 0.05) is 43.7 Å². The number of benzene rings is 3. The number of furan rings is 1. The van der Waals surface area contributed by atoms with Crippen LogP contribution in [-0.4, -0.2) is 47.8 Å². The van der Waals surface area contributed by atoms with E-state index in [0.29, 0.717) is 48.4 Å². The number of piperazine rings is 1. The van der Waals surface area contributed by atoms with Crippen molar-refractivity contribution in [2.45, 2.75) is 6.42 Å². The topological polar surface area (TPSA) is 109 Å². The van der Waals surface area contributed by atoms with Gasteiger partial charge in [0.15, 0.2) is 0 Å². The van der Waals surface area contributed by atoms with Crippen LogP contribution < -0.4 is 10.2 Å². The van der Waals surface area contributed by atoms with Gasteiger partial charge in [-0.3, -0.25) is 19.7 Å². The van der Waals surface area contributed by atoms with E-state index in [1.54, 1.807) is 47.4 Å². The number of amides is 2. The van der Waals surface area contributed by atoms with Gasteiger partial charge in [-0.2, -0.15) is 0 Å². The Labute approximate surface area is 211 Å². The molecule has 1 aliphatic heterocycles. The Morgan fingerprint density at radius 1 is 0.946 bits per heavy atom. The normalized spacial score (nSPS) is 13.5. The zero-order valence-electron chi connectivity index (χ0n) is 19.7. The van der Waals surface area contributed by atoms with E-state index in [1.807, 2.05) is 4.90 Å². The Morgan fingerprint density at radius 2 is 1.62 bits per heavy atom. The summed E-state index contributed by atoms with van der Waals surface area (Å²) < 4.78 is 20.1. The molecular weight excluding hydrogens is 479 g/mol. The first-order chi connectivity index (χ1) is 17.9. The molecule has 0 unspecified atom stereocenters. The lowest BCUT2D eigenvalue weighted by molar-refractivity contribution is -0.384. The van der Waals surface area contributed by atoms with Crippen LogP contribution in [0.5, 0.6) is 0 Å². The molecule has 1 fully saturated rings. The molecule has 0 aliphatic carbocycles. The number of rotatable bonds is 6. The van der Waals surface area contributed by atoms with E-state index in [-0.39, 0.29) is 41.2 Å². The molecule has 0 bridgehead atoms. The monoisotopic (exact) mass is 502 g/mol. The van der Waals surface area contributed by atoms with Crippen molar-refractivity contribution in [2.75, 3.05) is 36.4 Å². The van der Waals surface area contributed by atoms with Gasteiger partial charge >= 0.3 is 0 Å². The predicted molar refractivity (Wildman–Crippen MR) is 136 cm³/mol. The Kier molecular flexibility index (Phi) is 6.55. The van der Waals surface area contributed by atoms with Gasteiger partial charge in [0.25, 0.3) is 11.6 Å². The Hall–Kier alpha value is -4.73. The third-order valence-electron chi connectivity index (χ3n) is 6.33. The van der Waals surface area contributed by atoms with Gasteiger partial charge in [0.2, 0.25) is 11.7 Å². The number of nitrogens with zero attached hydrogens (tertiary/aromatic N) is 3. The molecule has 1 N–H and O–H groups in total. The van der Waals surface area contributed by atoms with Crippen LogP contribution in [-0.2, 0) is 11.2 Å². The Morgan fingerprint density at radius 3 is 2.32 bits per heavy atom. The molecular formula is C27H23FN4O5. The summed E-state index contributed by atoms with van der Waals surface area (Å²) in [4.78, 5) is 40.2. The molecule has 2 heterocycles. The lowest BCUT2D eigenvalue weighted by Crippen LogP contribution is -2.49. The van der Waals surface area contributed by atoms with E-state index < -0.39 is 4.92 Å². The van der Waals surface area contributed by atoms with Gasteiger partial charge in [-0.05, 0) is 29.8 Å². The number of carbonyl (C=O) groups is 2. The molecule has 2 amide bonds. The number of hydrogen-bond donors (Lipinski definition) is 1. The van der Waals surface area contributed by atoms with E-state index in [0.717, 1.165) is 0 Å². The molecule has 0 atom stereocenters. The van der Waals surface area contributed by atoms with Crippen LogP contribution in [0.2, 0.25) is 0 Å². The average Bonchev–Trinajstić information content (AvgIpc) is 3.27. The van der Waals surface area contributed by atoms with Crippen molar-refractivity contribution in [2.24, 2.45) is 0 Å². The third-order valence-corrected chi connectivity index (χ3v) is 6.33. The van der Waals surface area contributed by atoms with Crippen molar-refractivity contribution in [3.8, 4) is 0 Å². The summed E-state index contributed by atoms with van der Waals surface area (Å²) in [6, 6.07) is 19.3. The van der Waals surface area contributed by atoms with Crippen molar-refractivity contribution >= 4 is 39.8 Å². The summed E-state index contributed by atoms with van der Waals surface area (Å²) in [5, 5.41) is 14.3. The third kappa shape index (κ3) is 4.99. The average molecular weight is 503 g/mol. The minimum absolute atomic E-state index is 0.0255. The Balaban J connectivity index is 1.33. The number of fused-ring (bicyclic) bond motifs is 1. The highest BCUT2D eigenvalue weighted by Crippen LogP contribution is 2.32. The second-order valence-electron chi connectivity index (χ2n) is 8.68. The van der Waals surface area contributed by atoms with Crippen LogP contribution >= 0.6 is 0 Å².